The van der Waals surface area contributed by atoms with Crippen LogP contribution >= 0.6 is 15.9 Å². The van der Waals surface area contributed by atoms with Gasteiger partial charge in [0.25, 0.3) is 0 Å². The van der Waals surface area contributed by atoms with E-state index in [1.807, 2.05) is 12.1 Å². The third-order valence-electron chi connectivity index (χ3n) is 3.08. The summed E-state index contributed by atoms with van der Waals surface area (Å²) in [6.45, 7) is 2.25. The Morgan fingerprint density at radius 1 is 1.00 bits per heavy atom. The second kappa shape index (κ2) is 8.57. The van der Waals surface area contributed by atoms with Crippen LogP contribution in [0.3, 0.4) is 0 Å². The predicted octanol–water partition coefficient (Wildman–Crippen LogP) is 5.45. The van der Waals surface area contributed by atoms with Gasteiger partial charge in [-0.15, -0.1) is 0 Å². The molecule has 0 fully saturated rings. The average molecular weight is 299 g/mol. The molecule has 2 heteroatoms. The molecule has 0 saturated carbocycles. The molecule has 1 N–H and O–H groups in total. The molecule has 0 aliphatic heterocycles. The minimum absolute atomic E-state index is 0.327. The fourth-order valence-corrected chi connectivity index (χ4v) is 2.42. The van der Waals surface area contributed by atoms with E-state index in [0.717, 1.165) is 10.9 Å². The largest absolute Gasteiger partial charge is 0.507 e. The van der Waals surface area contributed by atoms with Crippen LogP contribution in [0.15, 0.2) is 22.7 Å². The zero-order valence-corrected chi connectivity index (χ0v) is 12.3. The molecule has 96 valence electrons. The first-order chi connectivity index (χ1) is 8.24. The van der Waals surface area contributed by atoms with E-state index in [-0.39, 0.29) is 0 Å². The third-order valence-corrected chi connectivity index (χ3v) is 3.72. The second-order valence-electron chi connectivity index (χ2n) is 4.66. The molecule has 1 aromatic rings. The molecule has 0 bridgehead atoms. The number of halogens is 1. The number of unbranched alkanes of at least 4 members (excludes halogenated alkanes) is 6. The fourth-order valence-electron chi connectivity index (χ4n) is 1.99. The van der Waals surface area contributed by atoms with Crippen LogP contribution in [0.1, 0.15) is 57.4 Å². The number of hydrogen-bond acceptors (Lipinski definition) is 1. The van der Waals surface area contributed by atoms with Crippen LogP contribution in [-0.2, 0) is 6.42 Å². The molecule has 1 nitrogen and oxygen atoms in total. The maximum atomic E-state index is 9.39. The number of phenols is 1. The summed E-state index contributed by atoms with van der Waals surface area (Å²) in [5, 5.41) is 9.39. The van der Waals surface area contributed by atoms with Gasteiger partial charge in [-0.25, -0.2) is 0 Å². The highest BCUT2D eigenvalue weighted by Crippen LogP contribution is 2.25. The summed E-state index contributed by atoms with van der Waals surface area (Å²) < 4.78 is 0.804. The highest BCUT2D eigenvalue weighted by Gasteiger charge is 1.99. The van der Waals surface area contributed by atoms with Crippen molar-refractivity contribution in [1.82, 2.24) is 0 Å². The Balaban J connectivity index is 2.11. The number of aromatic hydroxyl groups is 1. The standard InChI is InChI=1S/C15H23BrO/c1-2-3-4-5-6-7-8-9-13-10-11-15(17)14(16)12-13/h10-12,17H,2-9H2,1H3. The molecule has 0 radical (unpaired) electrons. The average Bonchev–Trinajstić information content (AvgIpc) is 2.32. The summed E-state index contributed by atoms with van der Waals surface area (Å²) in [5.41, 5.74) is 1.31. The van der Waals surface area contributed by atoms with Gasteiger partial charge in [0.15, 0.2) is 0 Å². The molecule has 0 amide bonds. The number of hydrogen-bond donors (Lipinski definition) is 1. The first kappa shape index (κ1) is 14.6. The molecule has 0 unspecified atom stereocenters. The van der Waals surface area contributed by atoms with Crippen molar-refractivity contribution in [3.05, 3.63) is 28.2 Å². The number of phenolic OH excluding ortho intramolecular Hbond substituents is 1. The van der Waals surface area contributed by atoms with E-state index in [9.17, 15) is 5.11 Å². The number of rotatable bonds is 8. The van der Waals surface area contributed by atoms with Crippen LogP contribution in [-0.4, -0.2) is 5.11 Å². The lowest BCUT2D eigenvalue weighted by Gasteiger charge is -2.04. The molecular weight excluding hydrogens is 276 g/mol. The summed E-state index contributed by atoms with van der Waals surface area (Å²) in [7, 11) is 0. The van der Waals surface area contributed by atoms with Crippen molar-refractivity contribution < 1.29 is 5.11 Å². The SMILES string of the molecule is CCCCCCCCCc1ccc(O)c(Br)c1. The molecule has 0 heterocycles. The monoisotopic (exact) mass is 298 g/mol. The van der Waals surface area contributed by atoms with Crippen LogP contribution in [0.4, 0.5) is 0 Å². The molecule has 0 atom stereocenters. The normalized spacial score (nSPS) is 10.7. The Bertz CT molecular complexity index is 323. The van der Waals surface area contributed by atoms with Crippen LogP contribution in [0.25, 0.3) is 0 Å². The quantitative estimate of drug-likeness (QED) is 0.633. The van der Waals surface area contributed by atoms with Crippen LogP contribution in [0.5, 0.6) is 5.75 Å². The van der Waals surface area contributed by atoms with E-state index in [1.54, 1.807) is 6.07 Å². The van der Waals surface area contributed by atoms with Crippen LogP contribution < -0.4 is 0 Å². The molecule has 0 spiro atoms. The summed E-state index contributed by atoms with van der Waals surface area (Å²) >= 11 is 3.35. The van der Waals surface area contributed by atoms with E-state index < -0.39 is 0 Å². The number of aryl methyl sites for hydroxylation is 1. The summed E-state index contributed by atoms with van der Waals surface area (Å²) in [5.74, 6) is 0.327. The topological polar surface area (TPSA) is 20.2 Å². The van der Waals surface area contributed by atoms with Gasteiger partial charge in [-0.3, -0.25) is 0 Å². The van der Waals surface area contributed by atoms with Gasteiger partial charge < -0.3 is 5.11 Å². The lowest BCUT2D eigenvalue weighted by Crippen LogP contribution is -1.86. The Kier molecular flexibility index (Phi) is 7.34. The van der Waals surface area contributed by atoms with Gasteiger partial charge in [0, 0.05) is 0 Å². The molecular formula is C15H23BrO. The highest BCUT2D eigenvalue weighted by atomic mass is 79.9. The number of benzene rings is 1. The molecule has 0 aromatic heterocycles. The van der Waals surface area contributed by atoms with Gasteiger partial charge in [0.2, 0.25) is 0 Å². The predicted molar refractivity (Wildman–Crippen MR) is 77.5 cm³/mol. The Morgan fingerprint density at radius 3 is 2.29 bits per heavy atom. The molecule has 1 aromatic carbocycles. The van der Waals surface area contributed by atoms with E-state index in [0.29, 0.717) is 5.75 Å². The van der Waals surface area contributed by atoms with Crippen molar-refractivity contribution in [3.8, 4) is 5.75 Å². The van der Waals surface area contributed by atoms with Gasteiger partial charge in [0.05, 0.1) is 4.47 Å². The van der Waals surface area contributed by atoms with Crippen molar-refractivity contribution >= 4 is 15.9 Å². The Morgan fingerprint density at radius 2 is 1.65 bits per heavy atom. The van der Waals surface area contributed by atoms with E-state index in [1.165, 1.54) is 50.5 Å². The smallest absolute Gasteiger partial charge is 0.129 e. The van der Waals surface area contributed by atoms with Gasteiger partial charge in [-0.05, 0) is 46.5 Å². The first-order valence-electron chi connectivity index (χ1n) is 6.71. The molecule has 17 heavy (non-hydrogen) atoms. The zero-order valence-electron chi connectivity index (χ0n) is 10.7. The van der Waals surface area contributed by atoms with Crippen molar-refractivity contribution in [3.63, 3.8) is 0 Å². The maximum absolute atomic E-state index is 9.39. The van der Waals surface area contributed by atoms with Crippen molar-refractivity contribution in [2.45, 2.75) is 58.3 Å². The summed E-state index contributed by atoms with van der Waals surface area (Å²) in [6.07, 6.45) is 10.5. The Hall–Kier alpha value is -0.500. The van der Waals surface area contributed by atoms with E-state index in [2.05, 4.69) is 22.9 Å². The molecule has 0 aliphatic rings. The van der Waals surface area contributed by atoms with Crippen LogP contribution in [0.2, 0.25) is 0 Å². The van der Waals surface area contributed by atoms with E-state index >= 15 is 0 Å². The minimum atomic E-state index is 0.327. The summed E-state index contributed by atoms with van der Waals surface area (Å²) in [6, 6.07) is 5.80. The molecule has 1 rings (SSSR count). The van der Waals surface area contributed by atoms with Gasteiger partial charge in [-0.1, -0.05) is 51.5 Å². The minimum Gasteiger partial charge on any atom is -0.507 e. The van der Waals surface area contributed by atoms with Crippen molar-refractivity contribution in [1.29, 1.82) is 0 Å². The first-order valence-corrected chi connectivity index (χ1v) is 7.50. The zero-order chi connectivity index (χ0) is 12.5. The molecule has 0 saturated heterocycles. The van der Waals surface area contributed by atoms with Gasteiger partial charge in [-0.2, -0.15) is 0 Å². The Labute approximate surface area is 113 Å². The van der Waals surface area contributed by atoms with E-state index in [4.69, 9.17) is 0 Å². The maximum Gasteiger partial charge on any atom is 0.129 e. The third kappa shape index (κ3) is 6.11. The van der Waals surface area contributed by atoms with Crippen molar-refractivity contribution in [2.75, 3.05) is 0 Å². The fraction of sp³-hybridized carbons (Fsp3) is 0.600. The molecule has 0 aliphatic carbocycles. The lowest BCUT2D eigenvalue weighted by atomic mass is 10.0. The van der Waals surface area contributed by atoms with Crippen molar-refractivity contribution in [2.24, 2.45) is 0 Å². The second-order valence-corrected chi connectivity index (χ2v) is 5.51. The lowest BCUT2D eigenvalue weighted by molar-refractivity contribution is 0.471. The van der Waals surface area contributed by atoms with Crippen LogP contribution in [0, 0.1) is 0 Å². The van der Waals surface area contributed by atoms with Gasteiger partial charge in [0.1, 0.15) is 5.75 Å². The summed E-state index contributed by atoms with van der Waals surface area (Å²) in [4.78, 5) is 0. The highest BCUT2D eigenvalue weighted by molar-refractivity contribution is 9.10. The van der Waals surface area contributed by atoms with Gasteiger partial charge >= 0.3 is 0 Å².